The van der Waals surface area contributed by atoms with Gasteiger partial charge >= 0.3 is 0 Å². The second-order valence-corrected chi connectivity index (χ2v) is 9.01. The monoisotopic (exact) mass is 457 g/mol. The highest BCUT2D eigenvalue weighted by atomic mass is 32.1. The third-order valence-corrected chi connectivity index (χ3v) is 6.94. The van der Waals surface area contributed by atoms with Crippen LogP contribution in [-0.4, -0.2) is 65.1 Å². The zero-order valence-electron chi connectivity index (χ0n) is 18.1. The normalized spacial score (nSPS) is 15.9. The minimum atomic E-state index is -0.123. The van der Waals surface area contributed by atoms with Crippen LogP contribution in [0.4, 0.5) is 11.5 Å². The number of ether oxygens (including phenoxy) is 1. The molecule has 0 spiro atoms. The van der Waals surface area contributed by atoms with Gasteiger partial charge in [0, 0.05) is 35.8 Å². The van der Waals surface area contributed by atoms with E-state index in [1.165, 1.54) is 5.56 Å². The molecule has 1 N–H and O–H groups in total. The molecule has 33 heavy (non-hydrogen) atoms. The first-order chi connectivity index (χ1) is 16.2. The molecule has 8 heteroatoms. The van der Waals surface area contributed by atoms with Crippen LogP contribution in [0.2, 0.25) is 0 Å². The molecule has 0 atom stereocenters. The summed E-state index contributed by atoms with van der Waals surface area (Å²) in [6.07, 6.45) is 7.85. The number of hydrogen-bond acceptors (Lipinski definition) is 7. The van der Waals surface area contributed by atoms with E-state index in [4.69, 9.17) is 11.2 Å². The van der Waals surface area contributed by atoms with Crippen molar-refractivity contribution in [1.29, 1.82) is 0 Å². The molecule has 3 aromatic rings. The molecule has 1 amide bonds. The van der Waals surface area contributed by atoms with E-state index in [1.807, 2.05) is 29.2 Å². The second-order valence-electron chi connectivity index (χ2n) is 7.92. The molecular weight excluding hydrogens is 434 g/mol. The first-order valence-corrected chi connectivity index (χ1v) is 11.7. The Kier molecular flexibility index (Phi) is 6.23. The Morgan fingerprint density at radius 1 is 1.24 bits per heavy atom. The van der Waals surface area contributed by atoms with Gasteiger partial charge in [0.2, 0.25) is 0 Å². The van der Waals surface area contributed by atoms with E-state index in [0.717, 1.165) is 64.9 Å². The number of aromatic nitrogens is 2. The smallest absolute Gasteiger partial charge is 0.298 e. The number of morpholine rings is 1. The van der Waals surface area contributed by atoms with E-state index in [9.17, 15) is 4.79 Å². The molecule has 1 saturated heterocycles. The molecule has 7 nitrogen and oxygen atoms in total. The van der Waals surface area contributed by atoms with Crippen molar-refractivity contribution in [3.8, 4) is 24.2 Å². The predicted octanol–water partition coefficient (Wildman–Crippen LogP) is 2.64. The lowest BCUT2D eigenvalue weighted by Gasteiger charge is -2.25. The minimum Gasteiger partial charge on any atom is -0.379 e. The fraction of sp³-hybridized carbons (Fsp3) is 0.320. The molecule has 5 rings (SSSR count). The molecular formula is C25H23N5O2S. The maximum atomic E-state index is 12.7. The maximum Gasteiger partial charge on any atom is 0.298 e. The molecule has 4 heterocycles. The van der Waals surface area contributed by atoms with E-state index in [1.54, 1.807) is 17.7 Å². The lowest BCUT2D eigenvalue weighted by atomic mass is 10.0. The van der Waals surface area contributed by atoms with Crippen LogP contribution in [0.3, 0.4) is 0 Å². The molecule has 0 radical (unpaired) electrons. The van der Waals surface area contributed by atoms with Gasteiger partial charge in [-0.05, 0) is 36.1 Å². The number of benzene rings is 1. The van der Waals surface area contributed by atoms with E-state index in [0.29, 0.717) is 19.6 Å². The van der Waals surface area contributed by atoms with Crippen molar-refractivity contribution >= 4 is 39.0 Å². The number of carbonyl (C=O) groups is 1. The van der Waals surface area contributed by atoms with Gasteiger partial charge in [-0.25, -0.2) is 9.97 Å². The third kappa shape index (κ3) is 4.69. The van der Waals surface area contributed by atoms with Gasteiger partial charge in [0.15, 0.2) is 0 Å². The lowest BCUT2D eigenvalue weighted by Crippen LogP contribution is -2.37. The quantitative estimate of drug-likeness (QED) is 0.610. The van der Waals surface area contributed by atoms with Gasteiger partial charge in [0.25, 0.3) is 5.91 Å². The molecule has 1 fully saturated rings. The minimum absolute atomic E-state index is 0.123. The summed E-state index contributed by atoms with van der Waals surface area (Å²) in [6.45, 7) is 4.96. The second kappa shape index (κ2) is 9.60. The number of nitrogens with one attached hydrogen (secondary N) is 1. The standard InChI is InChI=1S/C25H23N5O2S/c1-2-18-5-3-6-19(15-18)28-24-23-20-8-10-30(16-21(20)33-25(23)27-17-26-24)22(31)7-4-9-29-11-13-32-14-12-29/h1,3,5-6,15,17H,8-14,16H2,(H,26,27,28). The summed E-state index contributed by atoms with van der Waals surface area (Å²) in [5.74, 6) is 9.15. The number of rotatable bonds is 3. The summed E-state index contributed by atoms with van der Waals surface area (Å²) in [4.78, 5) is 27.7. The summed E-state index contributed by atoms with van der Waals surface area (Å²) in [5, 5.41) is 4.42. The van der Waals surface area contributed by atoms with Crippen LogP contribution in [0, 0.1) is 24.2 Å². The fourth-order valence-corrected chi connectivity index (χ4v) is 5.29. The number of terminal acetylenes is 1. The zero-order chi connectivity index (χ0) is 22.6. The molecule has 0 saturated carbocycles. The average molecular weight is 458 g/mol. The van der Waals surface area contributed by atoms with E-state index >= 15 is 0 Å². The van der Waals surface area contributed by atoms with E-state index in [-0.39, 0.29) is 5.91 Å². The first-order valence-electron chi connectivity index (χ1n) is 10.9. The van der Waals surface area contributed by atoms with Crippen LogP contribution < -0.4 is 5.32 Å². The average Bonchev–Trinajstić information content (AvgIpc) is 3.23. The number of amides is 1. The Balaban J connectivity index is 1.33. The maximum absolute atomic E-state index is 12.7. The van der Waals surface area contributed by atoms with Gasteiger partial charge in [0.05, 0.1) is 31.7 Å². The summed E-state index contributed by atoms with van der Waals surface area (Å²) in [5.41, 5.74) is 2.90. The topological polar surface area (TPSA) is 70.6 Å². The van der Waals surface area contributed by atoms with Crippen molar-refractivity contribution in [3.05, 3.63) is 46.6 Å². The Morgan fingerprint density at radius 3 is 2.97 bits per heavy atom. The molecule has 166 valence electrons. The highest BCUT2D eigenvalue weighted by Crippen LogP contribution is 2.38. The van der Waals surface area contributed by atoms with Gasteiger partial charge < -0.3 is 15.0 Å². The van der Waals surface area contributed by atoms with Crippen LogP contribution in [-0.2, 0) is 22.5 Å². The van der Waals surface area contributed by atoms with Crippen LogP contribution in [0.25, 0.3) is 10.2 Å². The lowest BCUT2D eigenvalue weighted by molar-refractivity contribution is -0.125. The van der Waals surface area contributed by atoms with Gasteiger partial charge in [-0.15, -0.1) is 17.8 Å². The Bertz CT molecular complexity index is 1290. The van der Waals surface area contributed by atoms with Crippen molar-refractivity contribution in [2.45, 2.75) is 13.0 Å². The number of nitrogens with zero attached hydrogens (tertiary/aromatic N) is 4. The van der Waals surface area contributed by atoms with Crippen LogP contribution in [0.15, 0.2) is 30.6 Å². The predicted molar refractivity (Wildman–Crippen MR) is 129 cm³/mol. The molecule has 2 aliphatic heterocycles. The zero-order valence-corrected chi connectivity index (χ0v) is 19.0. The van der Waals surface area contributed by atoms with Gasteiger partial charge in [0.1, 0.15) is 17.0 Å². The van der Waals surface area contributed by atoms with Crippen LogP contribution in [0.1, 0.15) is 16.0 Å². The summed E-state index contributed by atoms with van der Waals surface area (Å²) in [6, 6.07) is 7.69. The third-order valence-electron chi connectivity index (χ3n) is 5.82. The number of fused-ring (bicyclic) bond motifs is 3. The highest BCUT2D eigenvalue weighted by Gasteiger charge is 2.25. The van der Waals surface area contributed by atoms with E-state index < -0.39 is 0 Å². The van der Waals surface area contributed by atoms with Gasteiger partial charge in [-0.3, -0.25) is 9.69 Å². The molecule has 2 aromatic heterocycles. The number of thiophene rings is 1. The Morgan fingerprint density at radius 2 is 2.12 bits per heavy atom. The van der Waals surface area contributed by atoms with Crippen molar-refractivity contribution < 1.29 is 9.53 Å². The van der Waals surface area contributed by atoms with Crippen molar-refractivity contribution in [3.63, 3.8) is 0 Å². The summed E-state index contributed by atoms with van der Waals surface area (Å²) >= 11 is 1.61. The summed E-state index contributed by atoms with van der Waals surface area (Å²) in [7, 11) is 0. The van der Waals surface area contributed by atoms with Gasteiger partial charge in [-0.1, -0.05) is 17.9 Å². The fourth-order valence-electron chi connectivity index (χ4n) is 4.08. The number of carbonyl (C=O) groups excluding carboxylic acids is 1. The Hall–Kier alpha value is -3.43. The summed E-state index contributed by atoms with van der Waals surface area (Å²) < 4.78 is 5.35. The largest absolute Gasteiger partial charge is 0.379 e. The molecule has 2 aliphatic rings. The molecule has 0 unspecified atom stereocenters. The molecule has 0 bridgehead atoms. The van der Waals surface area contributed by atoms with Crippen molar-refractivity contribution in [1.82, 2.24) is 19.8 Å². The van der Waals surface area contributed by atoms with Crippen molar-refractivity contribution in [2.75, 3.05) is 44.7 Å². The van der Waals surface area contributed by atoms with Crippen molar-refractivity contribution in [2.24, 2.45) is 0 Å². The van der Waals surface area contributed by atoms with Gasteiger partial charge in [-0.2, -0.15) is 0 Å². The van der Waals surface area contributed by atoms with Crippen LogP contribution in [0.5, 0.6) is 0 Å². The highest BCUT2D eigenvalue weighted by molar-refractivity contribution is 7.19. The molecule has 1 aromatic carbocycles. The number of anilines is 2. The van der Waals surface area contributed by atoms with E-state index in [2.05, 4.69) is 37.9 Å². The number of hydrogen-bond donors (Lipinski definition) is 1. The Labute approximate surface area is 196 Å². The first kappa shape index (κ1) is 21.4. The van der Waals surface area contributed by atoms with Crippen LogP contribution >= 0.6 is 11.3 Å². The molecule has 0 aliphatic carbocycles. The SMILES string of the molecule is C#Cc1cccc(Nc2ncnc3sc4c(c23)CCN(C(=O)C#CCN2CCOCC2)C4)c1.